The summed E-state index contributed by atoms with van der Waals surface area (Å²) in [7, 11) is 0. The molecule has 0 aliphatic carbocycles. The molecule has 2 rings (SSSR count). The van der Waals surface area contributed by atoms with E-state index in [9.17, 15) is 14.7 Å². The second-order valence-corrected chi connectivity index (χ2v) is 5.33. The number of hydrogen-bond acceptors (Lipinski definition) is 4. The van der Waals surface area contributed by atoms with Gasteiger partial charge < -0.3 is 10.4 Å². The van der Waals surface area contributed by atoms with Gasteiger partial charge in [-0.05, 0) is 26.0 Å². The molecule has 0 radical (unpaired) electrons. The summed E-state index contributed by atoms with van der Waals surface area (Å²) in [5, 5.41) is 12.3. The summed E-state index contributed by atoms with van der Waals surface area (Å²) < 4.78 is 0. The van der Waals surface area contributed by atoms with Gasteiger partial charge in [-0.15, -0.1) is 0 Å². The Labute approximate surface area is 112 Å². The van der Waals surface area contributed by atoms with Crippen LogP contribution in [0.2, 0.25) is 0 Å². The fraction of sp³-hybridized carbons (Fsp3) is 0.429. The number of likely N-dealkylation sites (tertiary alicyclic amines) is 1. The number of Topliss-reactive ketones (excluding diaryl/α,β-unsaturated/α-hetero) is 1. The summed E-state index contributed by atoms with van der Waals surface area (Å²) in [6.45, 7) is 4.50. The predicted octanol–water partition coefficient (Wildman–Crippen LogP) is 0.894. The fourth-order valence-electron chi connectivity index (χ4n) is 2.25. The van der Waals surface area contributed by atoms with E-state index >= 15 is 0 Å². The van der Waals surface area contributed by atoms with Crippen LogP contribution in [0.25, 0.3) is 0 Å². The second kappa shape index (κ2) is 5.11. The first kappa shape index (κ1) is 13.7. The maximum Gasteiger partial charge on any atom is 0.238 e. The third-order valence-electron chi connectivity index (χ3n) is 3.05. The highest BCUT2D eigenvalue weighted by atomic mass is 16.3. The number of rotatable bonds is 4. The fourth-order valence-corrected chi connectivity index (χ4v) is 2.25. The van der Waals surface area contributed by atoms with Crippen molar-refractivity contribution in [1.29, 1.82) is 0 Å². The Hall–Kier alpha value is -1.72. The van der Waals surface area contributed by atoms with E-state index < -0.39 is 5.60 Å². The van der Waals surface area contributed by atoms with E-state index in [2.05, 4.69) is 5.32 Å². The number of carbonyl (C=O) groups excluding carboxylic acids is 2. The summed E-state index contributed by atoms with van der Waals surface area (Å²) in [6.07, 6.45) is 0. The molecule has 1 aliphatic heterocycles. The normalized spacial score (nSPS) is 17.6. The Morgan fingerprint density at radius 2 is 2.11 bits per heavy atom. The Bertz CT molecular complexity index is 503. The van der Waals surface area contributed by atoms with E-state index in [1.54, 1.807) is 31.2 Å². The molecule has 0 unspecified atom stereocenters. The number of nitrogens with one attached hydrogen (secondary N) is 1. The van der Waals surface area contributed by atoms with E-state index in [-0.39, 0.29) is 18.2 Å². The van der Waals surface area contributed by atoms with E-state index in [0.29, 0.717) is 24.3 Å². The molecule has 1 aliphatic rings. The Morgan fingerprint density at radius 3 is 2.68 bits per heavy atom. The predicted molar refractivity (Wildman–Crippen MR) is 72.1 cm³/mol. The molecule has 0 aromatic heterocycles. The summed E-state index contributed by atoms with van der Waals surface area (Å²) in [4.78, 5) is 24.9. The average Bonchev–Trinajstić information content (AvgIpc) is 2.26. The molecule has 0 bridgehead atoms. The van der Waals surface area contributed by atoms with E-state index in [4.69, 9.17) is 0 Å². The molecule has 5 heteroatoms. The van der Waals surface area contributed by atoms with Crippen LogP contribution in [0.5, 0.6) is 0 Å². The first-order chi connectivity index (χ1) is 8.85. The van der Waals surface area contributed by atoms with Gasteiger partial charge in [0, 0.05) is 24.3 Å². The molecule has 1 heterocycles. The number of aliphatic hydroxyl groups is 1. The summed E-state index contributed by atoms with van der Waals surface area (Å²) in [5.41, 5.74) is 0.518. The third kappa shape index (κ3) is 3.62. The maximum absolute atomic E-state index is 11.8. The minimum Gasteiger partial charge on any atom is -0.388 e. The zero-order chi connectivity index (χ0) is 14.0. The van der Waals surface area contributed by atoms with Crippen LogP contribution in [0, 0.1) is 0 Å². The number of amides is 1. The molecule has 1 saturated heterocycles. The van der Waals surface area contributed by atoms with Gasteiger partial charge in [-0.1, -0.05) is 12.1 Å². The smallest absolute Gasteiger partial charge is 0.238 e. The van der Waals surface area contributed by atoms with Crippen LogP contribution in [-0.4, -0.2) is 46.9 Å². The van der Waals surface area contributed by atoms with Crippen molar-refractivity contribution in [2.45, 2.75) is 19.4 Å². The van der Waals surface area contributed by atoms with Crippen molar-refractivity contribution >= 4 is 17.4 Å². The van der Waals surface area contributed by atoms with Gasteiger partial charge in [0.15, 0.2) is 5.78 Å². The van der Waals surface area contributed by atoms with Crippen molar-refractivity contribution < 1.29 is 14.7 Å². The Kier molecular flexibility index (Phi) is 3.68. The van der Waals surface area contributed by atoms with E-state index in [0.717, 1.165) is 0 Å². The molecular weight excluding hydrogens is 244 g/mol. The molecule has 2 N–H and O–H groups in total. The van der Waals surface area contributed by atoms with Crippen LogP contribution in [0.4, 0.5) is 5.69 Å². The quantitative estimate of drug-likeness (QED) is 0.791. The molecular formula is C14H18N2O3. The molecule has 1 fully saturated rings. The Balaban J connectivity index is 1.89. The van der Waals surface area contributed by atoms with Crippen molar-refractivity contribution in [2.75, 3.05) is 25.0 Å². The minimum absolute atomic E-state index is 0.0325. The molecule has 102 valence electrons. The number of hydrogen-bond donors (Lipinski definition) is 2. The van der Waals surface area contributed by atoms with E-state index in [1.807, 2.05) is 4.90 Å². The number of benzene rings is 1. The van der Waals surface area contributed by atoms with Crippen LogP contribution >= 0.6 is 0 Å². The van der Waals surface area contributed by atoms with Crippen LogP contribution in [0.15, 0.2) is 24.3 Å². The summed E-state index contributed by atoms with van der Waals surface area (Å²) in [6, 6.07) is 6.86. The molecule has 1 aromatic carbocycles. The monoisotopic (exact) mass is 262 g/mol. The van der Waals surface area contributed by atoms with Crippen LogP contribution in [-0.2, 0) is 4.79 Å². The van der Waals surface area contributed by atoms with Crippen LogP contribution in [0.1, 0.15) is 24.2 Å². The zero-order valence-corrected chi connectivity index (χ0v) is 11.1. The van der Waals surface area contributed by atoms with E-state index in [1.165, 1.54) is 6.92 Å². The van der Waals surface area contributed by atoms with Gasteiger partial charge in [0.1, 0.15) is 0 Å². The lowest BCUT2D eigenvalue weighted by atomic mass is 9.97. The highest BCUT2D eigenvalue weighted by Crippen LogP contribution is 2.19. The standard InChI is InChI=1S/C14H18N2O3/c1-10(17)11-4-3-5-12(6-11)15-13(18)7-16-8-14(2,19)9-16/h3-6,19H,7-9H2,1-2H3,(H,15,18). The van der Waals surface area contributed by atoms with Gasteiger partial charge in [0.05, 0.1) is 12.1 Å². The maximum atomic E-state index is 11.8. The molecule has 0 atom stereocenters. The van der Waals surface area contributed by atoms with Crippen molar-refractivity contribution in [3.8, 4) is 0 Å². The van der Waals surface area contributed by atoms with Crippen molar-refractivity contribution in [3.63, 3.8) is 0 Å². The highest BCUT2D eigenvalue weighted by molar-refractivity contribution is 5.97. The number of ketones is 1. The van der Waals surface area contributed by atoms with Crippen LogP contribution in [0.3, 0.4) is 0 Å². The topological polar surface area (TPSA) is 69.6 Å². The lowest BCUT2D eigenvalue weighted by Crippen LogP contribution is -2.61. The largest absolute Gasteiger partial charge is 0.388 e. The van der Waals surface area contributed by atoms with Crippen molar-refractivity contribution in [2.24, 2.45) is 0 Å². The molecule has 1 amide bonds. The SMILES string of the molecule is CC(=O)c1cccc(NC(=O)CN2CC(C)(O)C2)c1. The first-order valence-corrected chi connectivity index (χ1v) is 6.21. The second-order valence-electron chi connectivity index (χ2n) is 5.33. The Morgan fingerprint density at radius 1 is 1.42 bits per heavy atom. The highest BCUT2D eigenvalue weighted by Gasteiger charge is 2.37. The average molecular weight is 262 g/mol. The summed E-state index contributed by atoms with van der Waals surface area (Å²) >= 11 is 0. The van der Waals surface area contributed by atoms with Crippen molar-refractivity contribution in [1.82, 2.24) is 4.90 Å². The lowest BCUT2D eigenvalue weighted by molar-refractivity contribution is -0.125. The van der Waals surface area contributed by atoms with Gasteiger partial charge in [-0.2, -0.15) is 0 Å². The molecule has 0 saturated carbocycles. The number of nitrogens with zero attached hydrogens (tertiary/aromatic N) is 1. The lowest BCUT2D eigenvalue weighted by Gasteiger charge is -2.43. The van der Waals surface area contributed by atoms with Crippen molar-refractivity contribution in [3.05, 3.63) is 29.8 Å². The molecule has 19 heavy (non-hydrogen) atoms. The van der Waals surface area contributed by atoms with Crippen LogP contribution < -0.4 is 5.32 Å². The molecule has 5 nitrogen and oxygen atoms in total. The van der Waals surface area contributed by atoms with Gasteiger partial charge in [-0.3, -0.25) is 14.5 Å². The third-order valence-corrected chi connectivity index (χ3v) is 3.05. The summed E-state index contributed by atoms with van der Waals surface area (Å²) in [5.74, 6) is -0.175. The number of β-amino-alcohol motifs (C(OH)–C–C–N with tert-alkyl or cyclic N) is 1. The molecule has 1 aromatic rings. The number of anilines is 1. The minimum atomic E-state index is -0.672. The zero-order valence-electron chi connectivity index (χ0n) is 11.1. The number of carbonyl (C=O) groups is 2. The van der Waals surface area contributed by atoms with Gasteiger partial charge >= 0.3 is 0 Å². The van der Waals surface area contributed by atoms with Gasteiger partial charge in [0.25, 0.3) is 0 Å². The van der Waals surface area contributed by atoms with Gasteiger partial charge in [0.2, 0.25) is 5.91 Å². The molecule has 0 spiro atoms. The van der Waals surface area contributed by atoms with Gasteiger partial charge in [-0.25, -0.2) is 0 Å². The first-order valence-electron chi connectivity index (χ1n) is 6.21.